The summed E-state index contributed by atoms with van der Waals surface area (Å²) in [6, 6.07) is 10.0. The summed E-state index contributed by atoms with van der Waals surface area (Å²) in [4.78, 5) is 43.5. The van der Waals surface area contributed by atoms with Crippen LogP contribution in [-0.4, -0.2) is 20.4 Å². The van der Waals surface area contributed by atoms with E-state index >= 15 is 0 Å². The molecule has 0 aliphatic carbocycles. The van der Waals surface area contributed by atoms with Gasteiger partial charge in [0.1, 0.15) is 5.56 Å². The molecule has 27 heavy (non-hydrogen) atoms. The summed E-state index contributed by atoms with van der Waals surface area (Å²) in [5.41, 5.74) is -0.342. The van der Waals surface area contributed by atoms with Crippen LogP contribution in [0.25, 0.3) is 0 Å². The Morgan fingerprint density at radius 2 is 2.00 bits per heavy atom. The van der Waals surface area contributed by atoms with Crippen LogP contribution in [0.1, 0.15) is 21.6 Å². The number of aromatic nitrogens is 3. The van der Waals surface area contributed by atoms with Gasteiger partial charge in [0.2, 0.25) is 0 Å². The van der Waals surface area contributed by atoms with Crippen molar-refractivity contribution in [2.45, 2.75) is 13.1 Å². The van der Waals surface area contributed by atoms with Gasteiger partial charge in [-0.15, -0.1) is 0 Å². The number of benzene rings is 1. The monoisotopic (exact) mass is 404 g/mol. The van der Waals surface area contributed by atoms with Crippen LogP contribution in [0.3, 0.4) is 0 Å². The van der Waals surface area contributed by atoms with Gasteiger partial charge in [0.15, 0.2) is 0 Å². The van der Waals surface area contributed by atoms with E-state index in [0.717, 1.165) is 10.8 Å². The van der Waals surface area contributed by atoms with Crippen LogP contribution in [0.5, 0.6) is 0 Å². The number of carbonyl (C=O) groups excluding carboxylic acids is 1. The van der Waals surface area contributed by atoms with Crippen molar-refractivity contribution in [1.82, 2.24) is 19.9 Å². The second kappa shape index (κ2) is 8.20. The molecular weight excluding hydrogens is 391 g/mol. The standard InChI is InChI=1S/C18H14Cl2N4O3/c19-12-5-4-11(15(20)7-12)8-22-16(25)14-9-23-18(27)24(17(14)26)10-13-3-1-2-6-21-13/h1-7,9H,8,10H2,(H,22,25)(H,23,27). The van der Waals surface area contributed by atoms with E-state index in [2.05, 4.69) is 15.3 Å². The molecule has 3 aromatic rings. The van der Waals surface area contributed by atoms with Crippen molar-refractivity contribution >= 4 is 29.1 Å². The molecule has 0 spiro atoms. The Balaban J connectivity index is 1.82. The van der Waals surface area contributed by atoms with Gasteiger partial charge in [0.05, 0.1) is 12.2 Å². The summed E-state index contributed by atoms with van der Waals surface area (Å²) in [7, 11) is 0. The van der Waals surface area contributed by atoms with E-state index in [-0.39, 0.29) is 18.7 Å². The van der Waals surface area contributed by atoms with Crippen LogP contribution in [0.15, 0.2) is 58.4 Å². The molecular formula is C18H14Cl2N4O3. The predicted octanol–water partition coefficient (Wildman–Crippen LogP) is 2.22. The first-order valence-corrected chi connectivity index (χ1v) is 8.66. The summed E-state index contributed by atoms with van der Waals surface area (Å²) >= 11 is 11.9. The van der Waals surface area contributed by atoms with Crippen molar-refractivity contribution in [3.05, 3.63) is 96.5 Å². The van der Waals surface area contributed by atoms with Gasteiger partial charge < -0.3 is 10.3 Å². The summed E-state index contributed by atoms with van der Waals surface area (Å²) in [5, 5.41) is 3.49. The van der Waals surface area contributed by atoms with Gasteiger partial charge >= 0.3 is 5.69 Å². The highest BCUT2D eigenvalue weighted by atomic mass is 35.5. The predicted molar refractivity (Wildman–Crippen MR) is 102 cm³/mol. The highest BCUT2D eigenvalue weighted by Crippen LogP contribution is 2.20. The minimum Gasteiger partial charge on any atom is -0.348 e. The van der Waals surface area contributed by atoms with Crippen molar-refractivity contribution in [2.75, 3.05) is 0 Å². The first kappa shape index (κ1) is 18.9. The van der Waals surface area contributed by atoms with E-state index < -0.39 is 17.2 Å². The third kappa shape index (κ3) is 4.45. The molecule has 2 aromatic heterocycles. The van der Waals surface area contributed by atoms with Crippen molar-refractivity contribution in [3.8, 4) is 0 Å². The van der Waals surface area contributed by atoms with Crippen molar-refractivity contribution in [3.63, 3.8) is 0 Å². The summed E-state index contributed by atoms with van der Waals surface area (Å²) in [6.45, 7) is 0.0623. The van der Waals surface area contributed by atoms with Crippen molar-refractivity contribution in [1.29, 1.82) is 0 Å². The molecule has 0 saturated carbocycles. The summed E-state index contributed by atoms with van der Waals surface area (Å²) in [5.74, 6) is -0.628. The number of amides is 1. The number of hydrogen-bond acceptors (Lipinski definition) is 4. The molecule has 0 aliphatic rings. The molecule has 0 saturated heterocycles. The zero-order chi connectivity index (χ0) is 19.4. The summed E-state index contributed by atoms with van der Waals surface area (Å²) in [6.07, 6.45) is 2.65. The van der Waals surface area contributed by atoms with E-state index in [1.807, 2.05) is 0 Å². The Morgan fingerprint density at radius 3 is 2.70 bits per heavy atom. The Kier molecular flexibility index (Phi) is 5.73. The maximum Gasteiger partial charge on any atom is 0.328 e. The number of pyridine rings is 1. The molecule has 7 nitrogen and oxygen atoms in total. The van der Waals surface area contributed by atoms with Crippen LogP contribution in [0.2, 0.25) is 10.0 Å². The van der Waals surface area contributed by atoms with Gasteiger partial charge in [0, 0.05) is 29.0 Å². The number of nitrogens with one attached hydrogen (secondary N) is 2. The van der Waals surface area contributed by atoms with Crippen molar-refractivity contribution < 1.29 is 4.79 Å². The Labute approximate surface area is 163 Å². The lowest BCUT2D eigenvalue weighted by Gasteiger charge is -2.09. The van der Waals surface area contributed by atoms with E-state index in [1.54, 1.807) is 42.6 Å². The van der Waals surface area contributed by atoms with Gasteiger partial charge in [-0.05, 0) is 29.8 Å². The molecule has 0 fully saturated rings. The molecule has 9 heteroatoms. The topological polar surface area (TPSA) is 96.8 Å². The van der Waals surface area contributed by atoms with E-state index in [0.29, 0.717) is 21.3 Å². The third-order valence-electron chi connectivity index (χ3n) is 3.81. The quantitative estimate of drug-likeness (QED) is 0.680. The number of carbonyl (C=O) groups is 1. The number of aromatic amines is 1. The lowest BCUT2D eigenvalue weighted by molar-refractivity contribution is 0.0948. The summed E-state index contributed by atoms with van der Waals surface area (Å²) < 4.78 is 0.923. The van der Waals surface area contributed by atoms with E-state index in [1.165, 1.54) is 0 Å². The van der Waals surface area contributed by atoms with E-state index in [4.69, 9.17) is 23.2 Å². The number of rotatable bonds is 5. The highest BCUT2D eigenvalue weighted by Gasteiger charge is 2.15. The van der Waals surface area contributed by atoms with Gasteiger partial charge in [-0.3, -0.25) is 19.1 Å². The number of H-pyrrole nitrogens is 1. The molecule has 2 heterocycles. The Bertz CT molecular complexity index is 1090. The van der Waals surface area contributed by atoms with Gasteiger partial charge in [0.25, 0.3) is 11.5 Å². The molecule has 1 amide bonds. The molecule has 138 valence electrons. The average Bonchev–Trinajstić information content (AvgIpc) is 2.65. The lowest BCUT2D eigenvalue weighted by Crippen LogP contribution is -2.40. The zero-order valence-electron chi connectivity index (χ0n) is 13.9. The second-order valence-electron chi connectivity index (χ2n) is 5.64. The molecule has 3 rings (SSSR count). The maximum atomic E-state index is 12.6. The molecule has 0 atom stereocenters. The fourth-order valence-electron chi connectivity index (χ4n) is 2.41. The zero-order valence-corrected chi connectivity index (χ0v) is 15.4. The van der Waals surface area contributed by atoms with Gasteiger partial charge in [-0.2, -0.15) is 0 Å². The largest absolute Gasteiger partial charge is 0.348 e. The molecule has 0 aliphatic heterocycles. The molecule has 1 aromatic carbocycles. The van der Waals surface area contributed by atoms with Crippen molar-refractivity contribution in [2.24, 2.45) is 0 Å². The Hall–Kier alpha value is -2.90. The highest BCUT2D eigenvalue weighted by molar-refractivity contribution is 6.35. The van der Waals surface area contributed by atoms with Gasteiger partial charge in [-0.25, -0.2) is 4.79 Å². The molecule has 0 radical (unpaired) electrons. The Morgan fingerprint density at radius 1 is 1.19 bits per heavy atom. The minimum atomic E-state index is -0.705. The first-order valence-electron chi connectivity index (χ1n) is 7.90. The third-order valence-corrected chi connectivity index (χ3v) is 4.39. The van der Waals surface area contributed by atoms with Crippen LogP contribution in [0, 0.1) is 0 Å². The minimum absolute atomic E-state index is 0.0425. The van der Waals surface area contributed by atoms with Crippen LogP contribution in [0.4, 0.5) is 0 Å². The number of halogens is 2. The molecule has 0 bridgehead atoms. The fraction of sp³-hybridized carbons (Fsp3) is 0.111. The van der Waals surface area contributed by atoms with Crippen LogP contribution >= 0.6 is 23.2 Å². The lowest BCUT2D eigenvalue weighted by atomic mass is 10.2. The van der Waals surface area contributed by atoms with Gasteiger partial charge in [-0.1, -0.05) is 35.3 Å². The SMILES string of the molecule is O=C(NCc1ccc(Cl)cc1Cl)c1c[nH]c(=O)n(Cc2ccccn2)c1=O. The first-order chi connectivity index (χ1) is 13.0. The van der Waals surface area contributed by atoms with Crippen LogP contribution < -0.4 is 16.6 Å². The fourth-order valence-corrected chi connectivity index (χ4v) is 2.88. The smallest absolute Gasteiger partial charge is 0.328 e. The van der Waals surface area contributed by atoms with E-state index in [9.17, 15) is 14.4 Å². The second-order valence-corrected chi connectivity index (χ2v) is 6.48. The molecule has 2 N–H and O–H groups in total. The van der Waals surface area contributed by atoms with Crippen LogP contribution in [-0.2, 0) is 13.1 Å². The maximum absolute atomic E-state index is 12.6. The average molecular weight is 405 g/mol. The molecule has 0 unspecified atom stereocenters. The number of hydrogen-bond donors (Lipinski definition) is 2. The number of nitrogens with zero attached hydrogens (tertiary/aromatic N) is 2. The normalized spacial score (nSPS) is 10.6.